The number of pyridine rings is 1. The second-order valence-electron chi connectivity index (χ2n) is 11.3. The van der Waals surface area contributed by atoms with E-state index in [0.717, 1.165) is 67.6 Å². The first-order valence-electron chi connectivity index (χ1n) is 14.7. The van der Waals surface area contributed by atoms with Gasteiger partial charge >= 0.3 is 0 Å². The number of aryl methyl sites for hydroxylation is 1. The number of hydrogen-bond acceptors (Lipinski definition) is 6. The molecule has 2 N–H and O–H groups in total. The average Bonchev–Trinajstić information content (AvgIpc) is 3.00. The minimum atomic E-state index is -0.414. The molecule has 0 spiro atoms. The molecule has 42 heavy (non-hydrogen) atoms. The molecule has 1 aromatic heterocycles. The van der Waals surface area contributed by atoms with E-state index in [1.807, 2.05) is 29.8 Å². The third-order valence-electron chi connectivity index (χ3n) is 8.23. The molecule has 3 heterocycles. The van der Waals surface area contributed by atoms with Crippen LogP contribution in [0, 0.1) is 17.8 Å². The van der Waals surface area contributed by atoms with Gasteiger partial charge in [0, 0.05) is 62.0 Å². The Morgan fingerprint density at radius 2 is 1.81 bits per heavy atom. The highest BCUT2D eigenvalue weighted by molar-refractivity contribution is 6.30. The van der Waals surface area contributed by atoms with Gasteiger partial charge in [-0.25, -0.2) is 0 Å². The van der Waals surface area contributed by atoms with Gasteiger partial charge in [-0.2, -0.15) is 0 Å². The van der Waals surface area contributed by atoms with Gasteiger partial charge in [-0.1, -0.05) is 35.6 Å². The summed E-state index contributed by atoms with van der Waals surface area (Å²) < 4.78 is 7.36. The van der Waals surface area contributed by atoms with Gasteiger partial charge in [0.15, 0.2) is 0 Å². The second kappa shape index (κ2) is 14.3. The van der Waals surface area contributed by atoms with Crippen molar-refractivity contribution in [1.29, 1.82) is 0 Å². The number of rotatable bonds is 8. The Kier molecular flexibility index (Phi) is 10.3. The number of likely N-dealkylation sites (tertiary alicyclic amines) is 1. The number of nitrogens with zero attached hydrogens (tertiary/aromatic N) is 3. The smallest absolute Gasteiger partial charge is 0.257 e. The highest BCUT2D eigenvalue weighted by atomic mass is 35.5. The van der Waals surface area contributed by atoms with Gasteiger partial charge in [-0.15, -0.1) is 0 Å². The molecule has 1 amide bonds. The number of morpholine rings is 1. The van der Waals surface area contributed by atoms with Crippen LogP contribution in [0.1, 0.15) is 46.3 Å². The molecule has 0 unspecified atom stereocenters. The molecular formula is C33H39ClN4O4. The molecule has 2 aliphatic heterocycles. The molecular weight excluding hydrogens is 552 g/mol. The maximum absolute atomic E-state index is 13.8. The number of ether oxygens (including phenoxy) is 1. The van der Waals surface area contributed by atoms with Crippen molar-refractivity contribution in [2.45, 2.75) is 32.4 Å². The predicted octanol–water partition coefficient (Wildman–Crippen LogP) is 3.40. The van der Waals surface area contributed by atoms with Gasteiger partial charge in [0.2, 0.25) is 5.43 Å². The molecule has 8 nitrogen and oxygen atoms in total. The van der Waals surface area contributed by atoms with Crippen LogP contribution in [0.2, 0.25) is 5.02 Å². The van der Waals surface area contributed by atoms with Crippen molar-refractivity contribution in [3.63, 3.8) is 0 Å². The Bertz CT molecular complexity index is 1510. The molecule has 0 saturated carbocycles. The quantitative estimate of drug-likeness (QED) is 0.391. The molecule has 222 valence electrons. The van der Waals surface area contributed by atoms with E-state index in [-0.39, 0.29) is 17.6 Å². The number of fused-ring (bicyclic) bond motifs is 1. The van der Waals surface area contributed by atoms with E-state index < -0.39 is 5.91 Å². The lowest BCUT2D eigenvalue weighted by Gasteiger charge is -2.30. The van der Waals surface area contributed by atoms with Crippen molar-refractivity contribution in [2.24, 2.45) is 13.0 Å². The number of piperidine rings is 1. The van der Waals surface area contributed by atoms with E-state index in [1.165, 1.54) is 0 Å². The lowest BCUT2D eigenvalue weighted by Crippen LogP contribution is -2.35. The summed E-state index contributed by atoms with van der Waals surface area (Å²) >= 11 is 5.98. The number of carbonyl (C=O) groups is 1. The zero-order chi connectivity index (χ0) is 29.5. The van der Waals surface area contributed by atoms with Crippen LogP contribution in [0.4, 0.5) is 0 Å². The lowest BCUT2D eigenvalue weighted by atomic mass is 9.94. The largest absolute Gasteiger partial charge is 0.396 e. The van der Waals surface area contributed by atoms with Crippen molar-refractivity contribution >= 4 is 28.4 Å². The van der Waals surface area contributed by atoms with Gasteiger partial charge in [0.05, 0.1) is 25.3 Å². The molecule has 0 radical (unpaired) electrons. The fraction of sp³-hybridized carbons (Fsp3) is 0.455. The number of aliphatic hydroxyl groups is 1. The van der Waals surface area contributed by atoms with Crippen LogP contribution >= 0.6 is 11.6 Å². The summed E-state index contributed by atoms with van der Waals surface area (Å²) in [4.78, 5) is 31.6. The number of aliphatic hydroxyl groups excluding tert-OH is 1. The Labute approximate surface area is 252 Å². The average molecular weight is 591 g/mol. The highest BCUT2D eigenvalue weighted by Crippen LogP contribution is 2.22. The molecule has 5 rings (SSSR count). The minimum Gasteiger partial charge on any atom is -0.396 e. The zero-order valence-corrected chi connectivity index (χ0v) is 25.0. The molecule has 9 heteroatoms. The summed E-state index contributed by atoms with van der Waals surface area (Å²) in [6, 6.07) is 11.2. The summed E-state index contributed by atoms with van der Waals surface area (Å²) in [5.74, 6) is 6.90. The molecule has 2 aliphatic rings. The zero-order valence-electron chi connectivity index (χ0n) is 24.2. The van der Waals surface area contributed by atoms with Crippen LogP contribution in [0.3, 0.4) is 0 Å². The van der Waals surface area contributed by atoms with Crippen LogP contribution in [0.5, 0.6) is 0 Å². The molecule has 2 saturated heterocycles. The summed E-state index contributed by atoms with van der Waals surface area (Å²) in [6.45, 7) is 6.87. The molecule has 0 bridgehead atoms. The van der Waals surface area contributed by atoms with Crippen LogP contribution < -0.4 is 10.7 Å². The van der Waals surface area contributed by atoms with Crippen molar-refractivity contribution in [2.75, 3.05) is 52.5 Å². The Hall–Kier alpha value is -3.19. The van der Waals surface area contributed by atoms with E-state index in [1.54, 1.807) is 18.3 Å². The standard InChI is InChI=1S/C33H39ClN4O4/c1-36-23-30(33(41)35-21-25-4-6-28(34)7-5-25)32(40)29-20-26(22-38-14-17-42-18-15-38)19-27(31(29)36)3-2-11-37-12-8-24(9-13-37)10-16-39/h4-7,19-20,23-24,39H,8-18,21-22H2,1H3,(H,35,41). The fourth-order valence-electron chi connectivity index (χ4n) is 5.82. The Morgan fingerprint density at radius 1 is 1.07 bits per heavy atom. The first kappa shape index (κ1) is 30.3. The van der Waals surface area contributed by atoms with E-state index >= 15 is 0 Å². The molecule has 2 aromatic carbocycles. The number of amides is 1. The minimum absolute atomic E-state index is 0.104. The van der Waals surface area contributed by atoms with Crippen LogP contribution in [-0.4, -0.2) is 77.9 Å². The van der Waals surface area contributed by atoms with Crippen molar-refractivity contribution in [3.05, 3.63) is 80.1 Å². The molecule has 2 fully saturated rings. The van der Waals surface area contributed by atoms with E-state index in [9.17, 15) is 14.7 Å². The first-order chi connectivity index (χ1) is 20.4. The van der Waals surface area contributed by atoms with Gasteiger partial charge in [-0.05, 0) is 73.7 Å². The monoisotopic (exact) mass is 590 g/mol. The molecule has 0 aliphatic carbocycles. The van der Waals surface area contributed by atoms with Gasteiger partial charge in [0.25, 0.3) is 5.91 Å². The Balaban J connectivity index is 1.42. The van der Waals surface area contributed by atoms with E-state index in [4.69, 9.17) is 16.3 Å². The summed E-state index contributed by atoms with van der Waals surface area (Å²) in [6.07, 6.45) is 4.65. The third-order valence-corrected chi connectivity index (χ3v) is 8.48. The Morgan fingerprint density at radius 3 is 2.52 bits per heavy atom. The maximum atomic E-state index is 13.8. The third kappa shape index (κ3) is 7.60. The maximum Gasteiger partial charge on any atom is 0.257 e. The number of carbonyl (C=O) groups excluding carboxylic acids is 1. The number of benzene rings is 2. The molecule has 0 atom stereocenters. The van der Waals surface area contributed by atoms with Crippen molar-refractivity contribution in [1.82, 2.24) is 19.7 Å². The fourth-order valence-corrected chi connectivity index (χ4v) is 5.94. The van der Waals surface area contributed by atoms with Crippen LogP contribution in [0.25, 0.3) is 10.9 Å². The van der Waals surface area contributed by atoms with E-state index in [0.29, 0.717) is 49.2 Å². The first-order valence-corrected chi connectivity index (χ1v) is 15.1. The number of hydrogen-bond donors (Lipinski definition) is 2. The molecule has 3 aromatic rings. The van der Waals surface area contributed by atoms with Crippen LogP contribution in [-0.2, 0) is 24.9 Å². The van der Waals surface area contributed by atoms with Crippen molar-refractivity contribution in [3.8, 4) is 11.8 Å². The summed E-state index contributed by atoms with van der Waals surface area (Å²) in [7, 11) is 1.86. The summed E-state index contributed by atoms with van der Waals surface area (Å²) in [5.41, 5.74) is 3.22. The number of aromatic nitrogens is 1. The van der Waals surface area contributed by atoms with Gasteiger partial charge in [0.1, 0.15) is 5.56 Å². The topological polar surface area (TPSA) is 87.0 Å². The number of halogens is 1. The second-order valence-corrected chi connectivity index (χ2v) is 11.7. The highest BCUT2D eigenvalue weighted by Gasteiger charge is 2.20. The van der Waals surface area contributed by atoms with Crippen LogP contribution in [0.15, 0.2) is 47.4 Å². The SMILES string of the molecule is Cn1cc(C(=O)NCc2ccc(Cl)cc2)c(=O)c2cc(CN3CCOCC3)cc(C#CCN3CCC(CCO)CC3)c21. The van der Waals surface area contributed by atoms with Gasteiger partial charge in [-0.3, -0.25) is 19.4 Å². The lowest BCUT2D eigenvalue weighted by molar-refractivity contribution is 0.0342. The van der Waals surface area contributed by atoms with Crippen molar-refractivity contribution < 1.29 is 14.6 Å². The van der Waals surface area contributed by atoms with E-state index in [2.05, 4.69) is 33.0 Å². The number of nitrogens with one attached hydrogen (secondary N) is 1. The van der Waals surface area contributed by atoms with Gasteiger partial charge < -0.3 is 19.7 Å². The normalized spacial score (nSPS) is 16.7. The summed E-state index contributed by atoms with van der Waals surface area (Å²) in [5, 5.41) is 13.2. The predicted molar refractivity (Wildman–Crippen MR) is 166 cm³/mol.